The van der Waals surface area contributed by atoms with Gasteiger partial charge in [0.05, 0.1) is 17.3 Å². The highest BCUT2D eigenvalue weighted by Gasteiger charge is 2.05. The van der Waals surface area contributed by atoms with Crippen molar-refractivity contribution in [1.29, 1.82) is 0 Å². The maximum atomic E-state index is 5.73. The van der Waals surface area contributed by atoms with E-state index in [2.05, 4.69) is 41.6 Å². The number of aromatic nitrogens is 1. The second-order valence-electron chi connectivity index (χ2n) is 5.16. The summed E-state index contributed by atoms with van der Waals surface area (Å²) in [6.07, 6.45) is 0.797. The molecule has 0 fully saturated rings. The fraction of sp³-hybridized carbons (Fsp3) is 0.167. The number of thiazole rings is 1. The van der Waals surface area contributed by atoms with Crippen molar-refractivity contribution in [2.45, 2.75) is 13.3 Å². The molecule has 0 amide bonds. The summed E-state index contributed by atoms with van der Waals surface area (Å²) in [5.74, 6) is 0.801. The molecule has 1 heterocycles. The lowest BCUT2D eigenvalue weighted by Crippen LogP contribution is -2.01. The molecule has 112 valence electrons. The summed E-state index contributed by atoms with van der Waals surface area (Å²) in [6.45, 7) is 2.69. The molecule has 0 aliphatic carbocycles. The van der Waals surface area contributed by atoms with E-state index in [0.717, 1.165) is 28.4 Å². The Bertz CT molecular complexity index is 750. The molecule has 0 atom stereocenters. The van der Waals surface area contributed by atoms with Gasteiger partial charge in [-0.1, -0.05) is 35.9 Å². The van der Waals surface area contributed by atoms with E-state index in [9.17, 15) is 0 Å². The highest BCUT2D eigenvalue weighted by Crippen LogP contribution is 2.23. The third-order valence-electron chi connectivity index (χ3n) is 3.34. The van der Waals surface area contributed by atoms with Gasteiger partial charge in [0.15, 0.2) is 0 Å². The molecule has 3 rings (SSSR count). The van der Waals surface area contributed by atoms with Gasteiger partial charge in [0.2, 0.25) is 0 Å². The zero-order valence-electron chi connectivity index (χ0n) is 12.5. The first-order valence-corrected chi connectivity index (χ1v) is 8.08. The summed E-state index contributed by atoms with van der Waals surface area (Å²) in [5, 5.41) is 3.18. The Balaban J connectivity index is 1.59. The maximum absolute atomic E-state index is 5.73. The minimum Gasteiger partial charge on any atom is -0.493 e. The van der Waals surface area contributed by atoms with Gasteiger partial charge in [-0.25, -0.2) is 4.98 Å². The summed E-state index contributed by atoms with van der Waals surface area (Å²) >= 11 is 1.67. The summed E-state index contributed by atoms with van der Waals surface area (Å²) in [4.78, 5) is 4.67. The zero-order valence-corrected chi connectivity index (χ0v) is 13.3. The average Bonchev–Trinajstić information content (AvgIpc) is 2.97. The van der Waals surface area contributed by atoms with Crippen LogP contribution >= 0.6 is 11.3 Å². The molecule has 0 radical (unpaired) electrons. The number of nitrogen functional groups attached to an aromatic ring is 1. The third-order valence-corrected chi connectivity index (χ3v) is 4.25. The predicted octanol–water partition coefficient (Wildman–Crippen LogP) is 4.32. The van der Waals surface area contributed by atoms with Gasteiger partial charge in [-0.2, -0.15) is 0 Å². The average molecular weight is 310 g/mol. The van der Waals surface area contributed by atoms with E-state index < -0.39 is 0 Å². The van der Waals surface area contributed by atoms with Gasteiger partial charge in [-0.05, 0) is 19.1 Å². The number of hydrogen-bond acceptors (Lipinski definition) is 4. The van der Waals surface area contributed by atoms with Crippen LogP contribution in [-0.4, -0.2) is 11.6 Å². The van der Waals surface area contributed by atoms with Crippen LogP contribution in [0.4, 0.5) is 5.69 Å². The number of aryl methyl sites for hydroxylation is 1. The van der Waals surface area contributed by atoms with Crippen LogP contribution in [0.15, 0.2) is 53.9 Å². The van der Waals surface area contributed by atoms with Gasteiger partial charge in [0, 0.05) is 29.1 Å². The minimum atomic E-state index is 0.601. The fourth-order valence-corrected chi connectivity index (χ4v) is 2.93. The van der Waals surface area contributed by atoms with Crippen molar-refractivity contribution in [3.05, 3.63) is 64.5 Å². The topological polar surface area (TPSA) is 48.1 Å². The molecule has 0 aliphatic rings. The smallest absolute Gasteiger partial charge is 0.121 e. The first kappa shape index (κ1) is 14.6. The molecule has 0 unspecified atom stereocenters. The summed E-state index contributed by atoms with van der Waals surface area (Å²) in [5.41, 5.74) is 9.89. The number of rotatable bonds is 5. The summed E-state index contributed by atoms with van der Waals surface area (Å²) in [7, 11) is 0. The van der Waals surface area contributed by atoms with Crippen LogP contribution < -0.4 is 10.5 Å². The van der Waals surface area contributed by atoms with Crippen LogP contribution in [0.25, 0.3) is 11.3 Å². The highest BCUT2D eigenvalue weighted by molar-refractivity contribution is 7.09. The van der Waals surface area contributed by atoms with Gasteiger partial charge in [-0.3, -0.25) is 0 Å². The van der Waals surface area contributed by atoms with Crippen molar-refractivity contribution >= 4 is 17.0 Å². The number of ether oxygens (including phenoxy) is 1. The molecule has 0 saturated carbocycles. The normalized spacial score (nSPS) is 10.6. The molecule has 2 aromatic carbocycles. The zero-order chi connectivity index (χ0) is 15.4. The molecule has 2 N–H and O–H groups in total. The molecule has 4 heteroatoms. The molecular weight excluding hydrogens is 292 g/mol. The SMILES string of the molecule is Cc1ccc(-c2csc(CCOc3cccc(N)c3)n2)cc1. The van der Waals surface area contributed by atoms with E-state index in [-0.39, 0.29) is 0 Å². The second kappa shape index (κ2) is 6.62. The number of hydrogen-bond donors (Lipinski definition) is 1. The number of anilines is 1. The minimum absolute atomic E-state index is 0.601. The van der Waals surface area contributed by atoms with E-state index in [0.29, 0.717) is 12.3 Å². The first-order valence-electron chi connectivity index (χ1n) is 7.20. The van der Waals surface area contributed by atoms with E-state index >= 15 is 0 Å². The van der Waals surface area contributed by atoms with E-state index in [1.165, 1.54) is 5.56 Å². The monoisotopic (exact) mass is 310 g/mol. The van der Waals surface area contributed by atoms with Gasteiger partial charge >= 0.3 is 0 Å². The van der Waals surface area contributed by atoms with Crippen molar-refractivity contribution in [3.8, 4) is 17.0 Å². The van der Waals surface area contributed by atoms with Gasteiger partial charge in [0.1, 0.15) is 5.75 Å². The lowest BCUT2D eigenvalue weighted by atomic mass is 10.1. The highest BCUT2D eigenvalue weighted by atomic mass is 32.1. The van der Waals surface area contributed by atoms with Crippen LogP contribution in [0.5, 0.6) is 5.75 Å². The van der Waals surface area contributed by atoms with Crippen molar-refractivity contribution in [3.63, 3.8) is 0 Å². The van der Waals surface area contributed by atoms with Gasteiger partial charge in [0.25, 0.3) is 0 Å². The van der Waals surface area contributed by atoms with E-state index in [1.54, 1.807) is 11.3 Å². The Morgan fingerprint density at radius 3 is 2.73 bits per heavy atom. The lowest BCUT2D eigenvalue weighted by molar-refractivity contribution is 0.322. The molecule has 3 nitrogen and oxygen atoms in total. The molecular formula is C18H18N2OS. The van der Waals surface area contributed by atoms with Crippen molar-refractivity contribution in [2.75, 3.05) is 12.3 Å². The number of nitrogens with zero attached hydrogens (tertiary/aromatic N) is 1. The Labute approximate surface area is 134 Å². The summed E-state index contributed by atoms with van der Waals surface area (Å²) < 4.78 is 5.71. The summed E-state index contributed by atoms with van der Waals surface area (Å²) in [6, 6.07) is 15.9. The van der Waals surface area contributed by atoms with Crippen LogP contribution in [-0.2, 0) is 6.42 Å². The molecule has 22 heavy (non-hydrogen) atoms. The van der Waals surface area contributed by atoms with Crippen LogP contribution in [0.2, 0.25) is 0 Å². The maximum Gasteiger partial charge on any atom is 0.121 e. The molecule has 0 aliphatic heterocycles. The largest absolute Gasteiger partial charge is 0.493 e. The molecule has 1 aromatic heterocycles. The molecule has 0 saturated heterocycles. The van der Waals surface area contributed by atoms with Gasteiger partial charge in [-0.15, -0.1) is 11.3 Å². The predicted molar refractivity (Wildman–Crippen MR) is 92.3 cm³/mol. The van der Waals surface area contributed by atoms with E-state index in [1.807, 2.05) is 24.3 Å². The molecule has 0 bridgehead atoms. The van der Waals surface area contributed by atoms with Crippen LogP contribution in [0.3, 0.4) is 0 Å². The molecule has 0 spiro atoms. The Kier molecular flexibility index (Phi) is 4.39. The first-order chi connectivity index (χ1) is 10.7. The Morgan fingerprint density at radius 1 is 1.14 bits per heavy atom. The number of benzene rings is 2. The Morgan fingerprint density at radius 2 is 1.95 bits per heavy atom. The third kappa shape index (κ3) is 3.65. The van der Waals surface area contributed by atoms with Crippen LogP contribution in [0, 0.1) is 6.92 Å². The fourth-order valence-electron chi connectivity index (χ4n) is 2.14. The lowest BCUT2D eigenvalue weighted by Gasteiger charge is -2.05. The van der Waals surface area contributed by atoms with E-state index in [4.69, 9.17) is 10.5 Å². The number of nitrogens with two attached hydrogens (primary N) is 1. The van der Waals surface area contributed by atoms with Gasteiger partial charge < -0.3 is 10.5 Å². The van der Waals surface area contributed by atoms with Crippen molar-refractivity contribution in [1.82, 2.24) is 4.98 Å². The Hall–Kier alpha value is -2.33. The second-order valence-corrected chi connectivity index (χ2v) is 6.11. The molecule has 3 aromatic rings. The van der Waals surface area contributed by atoms with Crippen LogP contribution in [0.1, 0.15) is 10.6 Å². The van der Waals surface area contributed by atoms with Crippen molar-refractivity contribution in [2.24, 2.45) is 0 Å². The van der Waals surface area contributed by atoms with Crippen molar-refractivity contribution < 1.29 is 4.74 Å². The standard InChI is InChI=1S/C18H18N2OS/c1-13-5-7-14(8-6-13)17-12-22-18(20-17)9-10-21-16-4-2-3-15(19)11-16/h2-8,11-12H,9-10,19H2,1H3. The quantitative estimate of drug-likeness (QED) is 0.714.